The van der Waals surface area contributed by atoms with Gasteiger partial charge in [-0.15, -0.1) is 0 Å². The second kappa shape index (κ2) is 7.60. The third-order valence-electron chi connectivity index (χ3n) is 6.59. The van der Waals surface area contributed by atoms with Crippen molar-refractivity contribution >= 4 is 5.97 Å². The number of esters is 1. The van der Waals surface area contributed by atoms with Crippen molar-refractivity contribution in [1.29, 1.82) is 0 Å². The minimum Gasteiger partial charge on any atom is -0.456 e. The molecule has 5 atom stereocenters. The number of fused-ring (bicyclic) bond motifs is 2. The molecule has 31 heavy (non-hydrogen) atoms. The topological polar surface area (TPSA) is 65.0 Å². The molecule has 0 amide bonds. The Morgan fingerprint density at radius 2 is 1.84 bits per heavy atom. The molecule has 1 aromatic carbocycles. The number of carbonyl (C=O) groups is 1. The highest BCUT2D eigenvalue weighted by Crippen LogP contribution is 2.60. The van der Waals surface area contributed by atoms with Gasteiger partial charge >= 0.3 is 12.1 Å². The van der Waals surface area contributed by atoms with E-state index in [-0.39, 0.29) is 11.7 Å². The fourth-order valence-electron chi connectivity index (χ4n) is 5.14. The van der Waals surface area contributed by atoms with E-state index in [1.165, 1.54) is 37.3 Å². The highest BCUT2D eigenvalue weighted by atomic mass is 19.4. The van der Waals surface area contributed by atoms with Crippen molar-refractivity contribution in [3.05, 3.63) is 48.0 Å². The predicted octanol–water partition coefficient (Wildman–Crippen LogP) is 4.29. The van der Waals surface area contributed by atoms with E-state index in [9.17, 15) is 23.1 Å². The summed E-state index contributed by atoms with van der Waals surface area (Å²) in [4.78, 5) is 12.8. The number of alkyl halides is 3. The van der Waals surface area contributed by atoms with Crippen LogP contribution in [-0.2, 0) is 24.6 Å². The fraction of sp³-hybridized carbons (Fsp3) is 0.609. The zero-order chi connectivity index (χ0) is 23.3. The zero-order valence-electron chi connectivity index (χ0n) is 18.3. The van der Waals surface area contributed by atoms with Crippen LogP contribution in [0.15, 0.2) is 42.5 Å². The number of halogens is 3. The van der Waals surface area contributed by atoms with Gasteiger partial charge < -0.3 is 19.3 Å². The number of benzene rings is 1. The van der Waals surface area contributed by atoms with Crippen LogP contribution in [0.5, 0.6) is 0 Å². The minimum atomic E-state index is -5.04. The summed E-state index contributed by atoms with van der Waals surface area (Å²) in [5.74, 6) is -1.56. The molecule has 1 N–H and O–H groups in total. The summed E-state index contributed by atoms with van der Waals surface area (Å²) in [5.41, 5.74) is -6.18. The molecule has 5 nitrogen and oxygen atoms in total. The predicted molar refractivity (Wildman–Crippen MR) is 107 cm³/mol. The van der Waals surface area contributed by atoms with E-state index < -0.39 is 40.5 Å². The number of hydrogen-bond donors (Lipinski definition) is 1. The lowest BCUT2D eigenvalue weighted by Gasteiger charge is -2.46. The molecule has 0 aromatic heterocycles. The summed E-state index contributed by atoms with van der Waals surface area (Å²) in [6.07, 6.45) is -1.86. The first-order chi connectivity index (χ1) is 14.2. The van der Waals surface area contributed by atoms with E-state index in [1.54, 1.807) is 19.1 Å². The van der Waals surface area contributed by atoms with Gasteiger partial charge in [-0.25, -0.2) is 4.79 Å². The van der Waals surface area contributed by atoms with Crippen molar-refractivity contribution in [2.75, 3.05) is 7.11 Å². The minimum absolute atomic E-state index is 0.100. The van der Waals surface area contributed by atoms with Gasteiger partial charge in [-0.1, -0.05) is 44.2 Å². The van der Waals surface area contributed by atoms with Crippen molar-refractivity contribution in [3.63, 3.8) is 0 Å². The van der Waals surface area contributed by atoms with Gasteiger partial charge in [0.15, 0.2) is 0 Å². The number of rotatable bonds is 6. The van der Waals surface area contributed by atoms with E-state index in [2.05, 4.69) is 0 Å². The van der Waals surface area contributed by atoms with Gasteiger partial charge in [0.25, 0.3) is 5.60 Å². The Balaban J connectivity index is 1.87. The van der Waals surface area contributed by atoms with Gasteiger partial charge in [-0.2, -0.15) is 13.2 Å². The van der Waals surface area contributed by atoms with E-state index >= 15 is 0 Å². The van der Waals surface area contributed by atoms with Gasteiger partial charge in [0.05, 0.1) is 11.7 Å². The van der Waals surface area contributed by atoms with Crippen LogP contribution in [0.2, 0.25) is 0 Å². The maximum atomic E-state index is 14.0. The molecule has 2 aliphatic heterocycles. The number of ether oxygens (including phenoxy) is 3. The Labute approximate surface area is 180 Å². The first-order valence-electron chi connectivity index (χ1n) is 10.2. The lowest BCUT2D eigenvalue weighted by Crippen LogP contribution is -2.57. The lowest BCUT2D eigenvalue weighted by atomic mass is 9.61. The summed E-state index contributed by atoms with van der Waals surface area (Å²) in [6, 6.07) is 6.66. The van der Waals surface area contributed by atoms with Gasteiger partial charge in [0.1, 0.15) is 11.7 Å². The Morgan fingerprint density at radius 3 is 2.32 bits per heavy atom. The molecule has 0 aliphatic carbocycles. The van der Waals surface area contributed by atoms with Crippen molar-refractivity contribution in [2.24, 2.45) is 5.41 Å². The highest BCUT2D eigenvalue weighted by molar-refractivity contribution is 5.83. The number of hydrogen-bond acceptors (Lipinski definition) is 5. The maximum absolute atomic E-state index is 14.0. The molecule has 0 saturated carbocycles. The van der Waals surface area contributed by atoms with Crippen molar-refractivity contribution < 1.29 is 37.3 Å². The fourth-order valence-corrected chi connectivity index (χ4v) is 5.14. The normalized spacial score (nSPS) is 32.7. The molecule has 8 heteroatoms. The van der Waals surface area contributed by atoms with E-state index in [0.717, 1.165) is 13.5 Å². The average molecular weight is 442 g/mol. The molecule has 172 valence electrons. The summed E-state index contributed by atoms with van der Waals surface area (Å²) >= 11 is 0. The number of methoxy groups -OCH3 is 1. The Morgan fingerprint density at radius 1 is 1.23 bits per heavy atom. The second-order valence-corrected chi connectivity index (χ2v) is 9.26. The zero-order valence-corrected chi connectivity index (χ0v) is 18.3. The third kappa shape index (κ3) is 3.58. The second-order valence-electron chi connectivity index (χ2n) is 9.26. The van der Waals surface area contributed by atoms with E-state index in [1.807, 2.05) is 13.8 Å². The number of carbonyl (C=O) groups excluding carboxylic acids is 1. The smallest absolute Gasteiger partial charge is 0.432 e. The van der Waals surface area contributed by atoms with Gasteiger partial charge in [0, 0.05) is 24.5 Å². The SMILES string of the molecule is CO[C@](C(=O)O[C@H](C)/C=C/[C@@]12O[C@@H](CC1(C)C)C[C@@]2(C)O)(c1ccccc1)C(F)(F)F. The molecule has 0 unspecified atom stereocenters. The number of aliphatic hydroxyl groups is 1. The molecule has 0 spiro atoms. The van der Waals surface area contributed by atoms with Crippen LogP contribution in [-0.4, -0.2) is 47.8 Å². The van der Waals surface area contributed by atoms with Crippen LogP contribution in [0.1, 0.15) is 46.1 Å². The van der Waals surface area contributed by atoms with Gasteiger partial charge in [-0.05, 0) is 32.4 Å². The quantitative estimate of drug-likeness (QED) is 0.526. The van der Waals surface area contributed by atoms with Crippen molar-refractivity contribution in [3.8, 4) is 0 Å². The van der Waals surface area contributed by atoms with Gasteiger partial charge in [0.2, 0.25) is 0 Å². The molecular formula is C23H29F3O5. The van der Waals surface area contributed by atoms with Crippen LogP contribution in [0.4, 0.5) is 13.2 Å². The summed E-state index contributed by atoms with van der Waals surface area (Å²) in [5, 5.41) is 10.9. The largest absolute Gasteiger partial charge is 0.456 e. The molecule has 3 rings (SSSR count). The lowest BCUT2D eigenvalue weighted by molar-refractivity contribution is -0.277. The van der Waals surface area contributed by atoms with Crippen LogP contribution < -0.4 is 0 Å². The third-order valence-corrected chi connectivity index (χ3v) is 6.59. The summed E-state index contributed by atoms with van der Waals surface area (Å²) in [7, 11) is 0.825. The molecule has 1 aromatic rings. The molecule has 2 aliphatic rings. The molecular weight excluding hydrogens is 413 g/mol. The molecule has 0 radical (unpaired) electrons. The molecule has 2 bridgehead atoms. The van der Waals surface area contributed by atoms with Crippen molar-refractivity contribution in [2.45, 2.75) is 75.7 Å². The van der Waals surface area contributed by atoms with Gasteiger partial charge in [-0.3, -0.25) is 0 Å². The van der Waals surface area contributed by atoms with Crippen molar-refractivity contribution in [1.82, 2.24) is 0 Å². The molecule has 2 saturated heterocycles. The maximum Gasteiger partial charge on any atom is 0.432 e. The van der Waals surface area contributed by atoms with E-state index in [0.29, 0.717) is 6.42 Å². The highest BCUT2D eigenvalue weighted by Gasteiger charge is 2.68. The van der Waals surface area contributed by atoms with Crippen LogP contribution in [0, 0.1) is 5.41 Å². The first kappa shape index (κ1) is 23.8. The molecule has 2 fully saturated rings. The Bertz CT molecular complexity index is 829. The van der Waals surface area contributed by atoms with E-state index in [4.69, 9.17) is 14.2 Å². The van der Waals surface area contributed by atoms with Crippen LogP contribution in [0.3, 0.4) is 0 Å². The van der Waals surface area contributed by atoms with Crippen LogP contribution >= 0.6 is 0 Å². The molecule has 2 heterocycles. The van der Waals surface area contributed by atoms with Crippen LogP contribution in [0.25, 0.3) is 0 Å². The summed E-state index contributed by atoms with van der Waals surface area (Å²) in [6.45, 7) is 7.08. The average Bonchev–Trinajstić information content (AvgIpc) is 3.05. The Hall–Kier alpha value is -1.90. The first-order valence-corrected chi connectivity index (χ1v) is 10.2. The summed E-state index contributed by atoms with van der Waals surface area (Å²) < 4.78 is 58.1. The monoisotopic (exact) mass is 442 g/mol. The Kier molecular flexibility index (Phi) is 5.83. The standard InChI is InChI=1S/C23H29F3O5/c1-15(11-12-21-19(2,3)13-17(31-21)14-20(21,4)28)30-18(27)22(29-5,23(24,25)26)16-9-7-6-8-10-16/h6-12,15,17,28H,13-14H2,1-5H3/b12-11+/t15-,17+,20-,21-,22+/m1/s1.